The first-order valence-corrected chi connectivity index (χ1v) is 6.82. The molecule has 0 aromatic carbocycles. The van der Waals surface area contributed by atoms with Crippen molar-refractivity contribution in [2.45, 2.75) is 58.0 Å². The predicted octanol–water partition coefficient (Wildman–Crippen LogP) is 2.81. The Labute approximate surface area is 101 Å². The van der Waals surface area contributed by atoms with Gasteiger partial charge in [-0.05, 0) is 52.6 Å². The number of nitrogens with one attached hydrogen (secondary N) is 1. The van der Waals surface area contributed by atoms with Crippen molar-refractivity contribution in [3.05, 3.63) is 12.2 Å². The first kappa shape index (κ1) is 13.7. The maximum atomic E-state index is 3.64. The number of nitrogens with zero attached hydrogens (tertiary/aromatic N) is 1. The molecule has 1 rings (SSSR count). The fourth-order valence-corrected chi connectivity index (χ4v) is 2.49. The topological polar surface area (TPSA) is 15.3 Å². The molecule has 0 unspecified atom stereocenters. The lowest BCUT2D eigenvalue weighted by molar-refractivity contribution is 0.188. The lowest BCUT2D eigenvalue weighted by Gasteiger charge is -2.34. The van der Waals surface area contributed by atoms with Crippen LogP contribution in [0.5, 0.6) is 0 Å². The number of rotatable bonds is 6. The molecule has 2 nitrogen and oxygen atoms in total. The van der Waals surface area contributed by atoms with E-state index in [9.17, 15) is 0 Å². The van der Waals surface area contributed by atoms with Crippen LogP contribution in [0.4, 0.5) is 0 Å². The summed E-state index contributed by atoms with van der Waals surface area (Å²) in [4.78, 5) is 2.50. The summed E-state index contributed by atoms with van der Waals surface area (Å²) in [5, 5.41) is 3.64. The Morgan fingerprint density at radius 2 is 1.94 bits per heavy atom. The predicted molar refractivity (Wildman–Crippen MR) is 71.8 cm³/mol. The lowest BCUT2D eigenvalue weighted by atomic mass is 9.90. The first-order valence-electron chi connectivity index (χ1n) is 6.82. The number of hydrogen-bond donors (Lipinski definition) is 1. The van der Waals surface area contributed by atoms with Crippen LogP contribution in [0, 0.1) is 0 Å². The Bertz CT molecular complexity index is 193. The minimum Gasteiger partial charge on any atom is -0.314 e. The summed E-state index contributed by atoms with van der Waals surface area (Å²) in [6.45, 7) is 6.63. The quantitative estimate of drug-likeness (QED) is 0.698. The van der Waals surface area contributed by atoms with E-state index in [-0.39, 0.29) is 0 Å². The molecule has 1 aliphatic rings. The van der Waals surface area contributed by atoms with Gasteiger partial charge < -0.3 is 5.32 Å². The molecule has 1 N–H and O–H groups in total. The summed E-state index contributed by atoms with van der Waals surface area (Å²) in [6, 6.07) is 1.59. The number of hydrogen-bond acceptors (Lipinski definition) is 2. The molecule has 0 aromatic heterocycles. The van der Waals surface area contributed by atoms with Gasteiger partial charge in [0.15, 0.2) is 0 Å². The molecule has 0 atom stereocenters. The second-order valence-corrected chi connectivity index (χ2v) is 4.97. The Kier molecular flexibility index (Phi) is 6.74. The zero-order valence-electron chi connectivity index (χ0n) is 11.2. The molecular weight excluding hydrogens is 196 g/mol. The van der Waals surface area contributed by atoms with Crippen LogP contribution >= 0.6 is 0 Å². The average Bonchev–Trinajstić information content (AvgIpc) is 2.34. The highest BCUT2D eigenvalue weighted by Gasteiger charge is 2.22. The van der Waals surface area contributed by atoms with Crippen LogP contribution in [0.25, 0.3) is 0 Å². The van der Waals surface area contributed by atoms with E-state index in [1.165, 1.54) is 38.6 Å². The van der Waals surface area contributed by atoms with Crippen molar-refractivity contribution in [3.63, 3.8) is 0 Å². The smallest absolute Gasteiger partial charge is 0.0162 e. The van der Waals surface area contributed by atoms with Crippen LogP contribution < -0.4 is 5.32 Å². The van der Waals surface area contributed by atoms with Gasteiger partial charge in [-0.2, -0.15) is 0 Å². The molecule has 1 saturated carbocycles. The summed E-state index contributed by atoms with van der Waals surface area (Å²) >= 11 is 0. The molecule has 0 spiro atoms. The SMILES string of the molecule is C/C=C/CN(C)C1CCC(NCCC)CC1. The van der Waals surface area contributed by atoms with Gasteiger partial charge >= 0.3 is 0 Å². The molecule has 0 bridgehead atoms. The fourth-order valence-electron chi connectivity index (χ4n) is 2.49. The van der Waals surface area contributed by atoms with Gasteiger partial charge in [-0.15, -0.1) is 0 Å². The van der Waals surface area contributed by atoms with Gasteiger partial charge in [0.05, 0.1) is 0 Å². The third kappa shape index (κ3) is 4.67. The maximum absolute atomic E-state index is 3.64. The number of likely N-dealkylation sites (N-methyl/N-ethyl adjacent to an activating group) is 1. The minimum absolute atomic E-state index is 0.784. The normalized spacial score (nSPS) is 26.8. The zero-order valence-corrected chi connectivity index (χ0v) is 11.2. The van der Waals surface area contributed by atoms with Crippen LogP contribution in [0.3, 0.4) is 0 Å². The summed E-state index contributed by atoms with van der Waals surface area (Å²) in [7, 11) is 2.25. The van der Waals surface area contributed by atoms with Crippen molar-refractivity contribution in [1.29, 1.82) is 0 Å². The van der Waals surface area contributed by atoms with Crippen molar-refractivity contribution >= 4 is 0 Å². The van der Waals surface area contributed by atoms with Gasteiger partial charge in [-0.3, -0.25) is 4.90 Å². The summed E-state index contributed by atoms with van der Waals surface area (Å²) in [5.74, 6) is 0. The molecule has 0 amide bonds. The molecule has 94 valence electrons. The second kappa shape index (κ2) is 7.86. The second-order valence-electron chi connectivity index (χ2n) is 4.97. The molecule has 16 heavy (non-hydrogen) atoms. The molecule has 2 heteroatoms. The molecule has 1 fully saturated rings. The third-order valence-corrected chi connectivity index (χ3v) is 3.63. The Morgan fingerprint density at radius 1 is 1.25 bits per heavy atom. The van der Waals surface area contributed by atoms with E-state index < -0.39 is 0 Å². The van der Waals surface area contributed by atoms with Crippen molar-refractivity contribution in [2.24, 2.45) is 0 Å². The summed E-state index contributed by atoms with van der Waals surface area (Å²) in [6.07, 6.45) is 11.1. The van der Waals surface area contributed by atoms with E-state index in [2.05, 4.69) is 43.3 Å². The molecule has 0 radical (unpaired) electrons. The van der Waals surface area contributed by atoms with Crippen molar-refractivity contribution < 1.29 is 0 Å². The van der Waals surface area contributed by atoms with Crippen molar-refractivity contribution in [2.75, 3.05) is 20.1 Å². The average molecular weight is 224 g/mol. The number of allylic oxidation sites excluding steroid dienone is 1. The van der Waals surface area contributed by atoms with E-state index in [0.717, 1.165) is 18.6 Å². The van der Waals surface area contributed by atoms with E-state index in [1.807, 2.05) is 0 Å². The molecule has 0 saturated heterocycles. The minimum atomic E-state index is 0.784. The van der Waals surface area contributed by atoms with E-state index in [1.54, 1.807) is 0 Å². The van der Waals surface area contributed by atoms with Crippen LogP contribution in [-0.2, 0) is 0 Å². The molecule has 0 aliphatic heterocycles. The first-order chi connectivity index (χ1) is 7.77. The van der Waals surface area contributed by atoms with Gasteiger partial charge in [0.25, 0.3) is 0 Å². The van der Waals surface area contributed by atoms with E-state index >= 15 is 0 Å². The summed E-state index contributed by atoms with van der Waals surface area (Å²) in [5.41, 5.74) is 0. The van der Waals surface area contributed by atoms with Crippen LogP contribution in [0.1, 0.15) is 46.0 Å². The third-order valence-electron chi connectivity index (χ3n) is 3.63. The maximum Gasteiger partial charge on any atom is 0.0162 e. The highest BCUT2D eigenvalue weighted by atomic mass is 15.1. The molecular formula is C14H28N2. The van der Waals surface area contributed by atoms with Crippen LogP contribution in [0.15, 0.2) is 12.2 Å². The monoisotopic (exact) mass is 224 g/mol. The van der Waals surface area contributed by atoms with Gasteiger partial charge in [0.2, 0.25) is 0 Å². The van der Waals surface area contributed by atoms with E-state index in [0.29, 0.717) is 0 Å². The van der Waals surface area contributed by atoms with Crippen molar-refractivity contribution in [1.82, 2.24) is 10.2 Å². The van der Waals surface area contributed by atoms with Crippen LogP contribution in [0.2, 0.25) is 0 Å². The van der Waals surface area contributed by atoms with Crippen LogP contribution in [-0.4, -0.2) is 37.1 Å². The largest absolute Gasteiger partial charge is 0.314 e. The highest BCUT2D eigenvalue weighted by Crippen LogP contribution is 2.22. The van der Waals surface area contributed by atoms with Gasteiger partial charge in [0.1, 0.15) is 0 Å². The fraction of sp³-hybridized carbons (Fsp3) is 0.857. The molecule has 1 aliphatic carbocycles. The Morgan fingerprint density at radius 3 is 2.50 bits per heavy atom. The van der Waals surface area contributed by atoms with Gasteiger partial charge in [-0.1, -0.05) is 19.1 Å². The Hall–Kier alpha value is -0.340. The standard InChI is InChI=1S/C14H28N2/c1-4-6-12-16(3)14-9-7-13(8-10-14)15-11-5-2/h4,6,13-15H,5,7-12H2,1-3H3/b6-4+. The molecule has 0 aromatic rings. The highest BCUT2D eigenvalue weighted by molar-refractivity contribution is 4.86. The zero-order chi connectivity index (χ0) is 11.8. The molecule has 0 heterocycles. The summed E-state index contributed by atoms with van der Waals surface area (Å²) < 4.78 is 0. The lowest BCUT2D eigenvalue weighted by Crippen LogP contribution is -2.41. The van der Waals surface area contributed by atoms with E-state index in [4.69, 9.17) is 0 Å². The van der Waals surface area contributed by atoms with Gasteiger partial charge in [-0.25, -0.2) is 0 Å². The van der Waals surface area contributed by atoms with Crippen molar-refractivity contribution in [3.8, 4) is 0 Å². The van der Waals surface area contributed by atoms with Gasteiger partial charge in [0, 0.05) is 18.6 Å². The Balaban J connectivity index is 2.20.